The molecule has 2 aromatic carbocycles. The normalized spacial score (nSPS) is 11.4. The van der Waals surface area contributed by atoms with Crippen LogP contribution in [0.5, 0.6) is 0 Å². The van der Waals surface area contributed by atoms with Crippen molar-refractivity contribution in [1.29, 1.82) is 0 Å². The fourth-order valence-electron chi connectivity index (χ4n) is 2.14. The predicted octanol–water partition coefficient (Wildman–Crippen LogP) is 2.62. The van der Waals surface area contributed by atoms with Gasteiger partial charge in [0.25, 0.3) is 10.0 Å². The number of rotatable bonds is 3. The number of nitrogens with one attached hydrogen (secondary N) is 1. The molecule has 0 saturated heterocycles. The number of fused-ring (bicyclic) bond motifs is 1. The lowest BCUT2D eigenvalue weighted by Crippen LogP contribution is -2.14. The third kappa shape index (κ3) is 2.53. The number of hydrogen-bond acceptors (Lipinski definition) is 4. The van der Waals surface area contributed by atoms with Gasteiger partial charge in [-0.2, -0.15) is 0 Å². The van der Waals surface area contributed by atoms with E-state index in [0.29, 0.717) is 16.5 Å². The van der Waals surface area contributed by atoms with Gasteiger partial charge in [-0.25, -0.2) is 13.4 Å². The van der Waals surface area contributed by atoms with Crippen molar-refractivity contribution in [2.45, 2.75) is 4.90 Å². The van der Waals surface area contributed by atoms with Gasteiger partial charge in [-0.15, -0.1) is 0 Å². The summed E-state index contributed by atoms with van der Waals surface area (Å²) in [6.45, 7) is 0. The Labute approximate surface area is 122 Å². The van der Waals surface area contributed by atoms with E-state index in [1.807, 2.05) is 6.07 Å². The first-order valence-corrected chi connectivity index (χ1v) is 7.77. The number of nitrogens with zero attached hydrogens (tertiary/aromatic N) is 1. The van der Waals surface area contributed by atoms with Gasteiger partial charge in [-0.05, 0) is 24.3 Å². The van der Waals surface area contributed by atoms with E-state index < -0.39 is 10.0 Å². The molecule has 3 aromatic rings. The Morgan fingerprint density at radius 3 is 2.33 bits per heavy atom. The lowest BCUT2D eigenvalue weighted by molar-refractivity contribution is 0.602. The second-order valence-corrected chi connectivity index (χ2v) is 6.17. The van der Waals surface area contributed by atoms with Crippen LogP contribution in [0.25, 0.3) is 10.8 Å². The first-order valence-electron chi connectivity index (χ1n) is 6.29. The van der Waals surface area contributed by atoms with Gasteiger partial charge >= 0.3 is 0 Å². The van der Waals surface area contributed by atoms with Crippen molar-refractivity contribution in [3.8, 4) is 0 Å². The van der Waals surface area contributed by atoms with Crippen LogP contribution in [-0.4, -0.2) is 13.4 Å². The molecule has 0 unspecified atom stereocenters. The summed E-state index contributed by atoms with van der Waals surface area (Å²) >= 11 is 0. The highest BCUT2D eigenvalue weighted by Gasteiger charge is 2.18. The van der Waals surface area contributed by atoms with Gasteiger partial charge in [0.2, 0.25) is 0 Å². The summed E-state index contributed by atoms with van der Waals surface area (Å²) in [7, 11) is -3.72. The van der Waals surface area contributed by atoms with Crippen LogP contribution >= 0.6 is 0 Å². The molecule has 6 heteroatoms. The minimum atomic E-state index is -3.72. The molecule has 5 nitrogen and oxygen atoms in total. The van der Waals surface area contributed by atoms with Crippen molar-refractivity contribution in [3.05, 3.63) is 60.8 Å². The third-order valence-electron chi connectivity index (χ3n) is 3.11. The summed E-state index contributed by atoms with van der Waals surface area (Å²) in [5.74, 6) is 0.276. The van der Waals surface area contributed by atoms with E-state index in [-0.39, 0.29) is 10.7 Å². The van der Waals surface area contributed by atoms with E-state index in [0.717, 1.165) is 0 Å². The Kier molecular flexibility index (Phi) is 3.23. The highest BCUT2D eigenvalue weighted by Crippen LogP contribution is 2.28. The zero-order valence-electron chi connectivity index (χ0n) is 11.0. The van der Waals surface area contributed by atoms with Crippen LogP contribution in [-0.2, 0) is 10.0 Å². The van der Waals surface area contributed by atoms with E-state index in [4.69, 9.17) is 5.73 Å². The van der Waals surface area contributed by atoms with Crippen LogP contribution in [0.4, 0.5) is 11.5 Å². The smallest absolute Gasteiger partial charge is 0.263 e. The molecule has 0 spiro atoms. The predicted molar refractivity (Wildman–Crippen MR) is 83.4 cm³/mol. The molecule has 0 aliphatic rings. The minimum Gasteiger partial charge on any atom is -0.398 e. The van der Waals surface area contributed by atoms with E-state index in [2.05, 4.69) is 9.71 Å². The summed E-state index contributed by atoms with van der Waals surface area (Å²) in [6.07, 6.45) is 1.53. The minimum absolute atomic E-state index is 0.179. The maximum Gasteiger partial charge on any atom is 0.263 e. The van der Waals surface area contributed by atoms with Crippen LogP contribution in [0.3, 0.4) is 0 Å². The fourth-order valence-corrected chi connectivity index (χ4v) is 3.37. The quantitative estimate of drug-likeness (QED) is 0.728. The zero-order chi connectivity index (χ0) is 14.9. The van der Waals surface area contributed by atoms with Crippen LogP contribution in [0.1, 0.15) is 0 Å². The summed E-state index contributed by atoms with van der Waals surface area (Å²) < 4.78 is 27.5. The van der Waals surface area contributed by atoms with Crippen molar-refractivity contribution in [1.82, 2.24) is 4.98 Å². The molecule has 3 rings (SSSR count). The van der Waals surface area contributed by atoms with Crippen molar-refractivity contribution in [2.24, 2.45) is 0 Å². The highest BCUT2D eigenvalue weighted by molar-refractivity contribution is 7.93. The second kappa shape index (κ2) is 5.06. The Bertz CT molecular complexity index is 893. The van der Waals surface area contributed by atoms with Gasteiger partial charge in [-0.3, -0.25) is 4.72 Å². The Morgan fingerprint density at radius 2 is 1.62 bits per heavy atom. The third-order valence-corrected chi connectivity index (χ3v) is 4.52. The molecule has 0 fully saturated rings. The monoisotopic (exact) mass is 299 g/mol. The molecule has 106 valence electrons. The van der Waals surface area contributed by atoms with E-state index in [1.54, 1.807) is 42.5 Å². The number of anilines is 2. The SMILES string of the molecule is Nc1ccc(S(=O)(=O)Nc2ccccn2)c2ccccc12. The van der Waals surface area contributed by atoms with Gasteiger partial charge in [-0.1, -0.05) is 30.3 Å². The van der Waals surface area contributed by atoms with Crippen LogP contribution in [0.2, 0.25) is 0 Å². The molecule has 3 N–H and O–H groups in total. The van der Waals surface area contributed by atoms with Crippen LogP contribution in [0.15, 0.2) is 65.7 Å². The molecule has 0 aliphatic heterocycles. The number of benzene rings is 2. The second-order valence-electron chi connectivity index (χ2n) is 4.52. The largest absolute Gasteiger partial charge is 0.398 e. The van der Waals surface area contributed by atoms with Crippen LogP contribution in [0, 0.1) is 0 Å². The maximum atomic E-state index is 12.5. The molecule has 1 aromatic heterocycles. The van der Waals surface area contributed by atoms with Crippen molar-refractivity contribution >= 4 is 32.3 Å². The number of sulfonamides is 1. The van der Waals surface area contributed by atoms with E-state index >= 15 is 0 Å². The average molecular weight is 299 g/mol. The number of hydrogen-bond donors (Lipinski definition) is 2. The number of pyridine rings is 1. The number of nitrogen functional groups attached to an aromatic ring is 1. The van der Waals surface area contributed by atoms with E-state index in [1.165, 1.54) is 12.3 Å². The Morgan fingerprint density at radius 1 is 0.905 bits per heavy atom. The standard InChI is InChI=1S/C15H13N3O2S/c16-13-8-9-14(12-6-2-1-5-11(12)13)21(19,20)18-15-7-3-4-10-17-15/h1-10H,16H2,(H,17,18). The Hall–Kier alpha value is -2.60. The number of aromatic nitrogens is 1. The molecular weight excluding hydrogens is 286 g/mol. The lowest BCUT2D eigenvalue weighted by Gasteiger charge is -2.11. The molecule has 21 heavy (non-hydrogen) atoms. The molecule has 1 heterocycles. The molecule has 0 atom stereocenters. The zero-order valence-corrected chi connectivity index (χ0v) is 11.8. The summed E-state index contributed by atoms with van der Waals surface area (Å²) in [5, 5.41) is 1.29. The number of nitrogens with two attached hydrogens (primary N) is 1. The first-order chi connectivity index (χ1) is 10.1. The first kappa shape index (κ1) is 13.4. The molecule has 0 radical (unpaired) electrons. The van der Waals surface area contributed by atoms with Gasteiger partial charge in [0.15, 0.2) is 0 Å². The maximum absolute atomic E-state index is 12.5. The van der Waals surface area contributed by atoms with Crippen molar-refractivity contribution in [2.75, 3.05) is 10.5 Å². The van der Waals surface area contributed by atoms with Crippen molar-refractivity contribution in [3.63, 3.8) is 0 Å². The van der Waals surface area contributed by atoms with Crippen molar-refractivity contribution < 1.29 is 8.42 Å². The van der Waals surface area contributed by atoms with E-state index in [9.17, 15) is 8.42 Å². The average Bonchev–Trinajstić information content (AvgIpc) is 2.48. The van der Waals surface area contributed by atoms with Gasteiger partial charge < -0.3 is 5.73 Å². The van der Waals surface area contributed by atoms with Gasteiger partial charge in [0, 0.05) is 22.7 Å². The van der Waals surface area contributed by atoms with Crippen LogP contribution < -0.4 is 10.5 Å². The topological polar surface area (TPSA) is 85.1 Å². The molecule has 0 bridgehead atoms. The highest BCUT2D eigenvalue weighted by atomic mass is 32.2. The molecule has 0 aliphatic carbocycles. The Balaban J connectivity index is 2.14. The molecular formula is C15H13N3O2S. The summed E-state index contributed by atoms with van der Waals surface area (Å²) in [4.78, 5) is 4.15. The lowest BCUT2D eigenvalue weighted by atomic mass is 10.1. The summed E-state index contributed by atoms with van der Waals surface area (Å²) in [5.41, 5.74) is 6.44. The van der Waals surface area contributed by atoms with Gasteiger partial charge in [0.1, 0.15) is 5.82 Å². The summed E-state index contributed by atoms with van der Waals surface area (Å²) in [6, 6.07) is 15.3. The fraction of sp³-hybridized carbons (Fsp3) is 0. The molecule has 0 saturated carbocycles. The molecule has 0 amide bonds. The van der Waals surface area contributed by atoms with Gasteiger partial charge in [0.05, 0.1) is 4.90 Å².